The first kappa shape index (κ1) is 12.7. The second-order valence-corrected chi connectivity index (χ2v) is 5.76. The van der Waals surface area contributed by atoms with Crippen LogP contribution in [0.15, 0.2) is 36.4 Å². The Morgan fingerprint density at radius 2 is 1.43 bits per heavy atom. The zero-order valence-electron chi connectivity index (χ0n) is 12.0. The molecule has 4 rings (SSSR count). The molecule has 0 amide bonds. The molecule has 0 saturated carbocycles. The molecule has 2 aliphatic heterocycles. The Kier molecular flexibility index (Phi) is 3.08. The fourth-order valence-electron chi connectivity index (χ4n) is 3.17. The second kappa shape index (κ2) is 5.08. The van der Waals surface area contributed by atoms with Crippen LogP contribution in [-0.2, 0) is 12.8 Å². The summed E-state index contributed by atoms with van der Waals surface area (Å²) in [5.74, 6) is 2.02. The van der Waals surface area contributed by atoms with Gasteiger partial charge in [0.25, 0.3) is 0 Å². The highest BCUT2D eigenvalue weighted by atomic mass is 16.5. The van der Waals surface area contributed by atoms with Gasteiger partial charge in [-0.1, -0.05) is 24.3 Å². The summed E-state index contributed by atoms with van der Waals surface area (Å²) in [5.41, 5.74) is 11.3. The van der Waals surface area contributed by atoms with Crippen molar-refractivity contribution in [2.75, 3.05) is 13.2 Å². The molecule has 21 heavy (non-hydrogen) atoms. The molecule has 0 spiro atoms. The molecule has 2 N–H and O–H groups in total. The van der Waals surface area contributed by atoms with E-state index in [1.165, 1.54) is 11.1 Å². The van der Waals surface area contributed by atoms with Gasteiger partial charge in [0.05, 0.1) is 19.3 Å². The number of benzene rings is 2. The standard InChI is InChI=1S/C18H19NO2/c19-18(15-4-6-17-13(11-15)7-9-21-17)14-3-5-16-12(10-14)2-1-8-20-16/h3-6,10-11,18H,1-2,7-9,19H2. The van der Waals surface area contributed by atoms with E-state index >= 15 is 0 Å². The second-order valence-electron chi connectivity index (χ2n) is 5.76. The zero-order valence-corrected chi connectivity index (χ0v) is 12.0. The van der Waals surface area contributed by atoms with Gasteiger partial charge in [0.1, 0.15) is 11.5 Å². The smallest absolute Gasteiger partial charge is 0.122 e. The third kappa shape index (κ3) is 2.28. The van der Waals surface area contributed by atoms with E-state index in [9.17, 15) is 0 Å². The molecule has 3 heteroatoms. The quantitative estimate of drug-likeness (QED) is 0.920. The van der Waals surface area contributed by atoms with Crippen LogP contribution in [0.1, 0.15) is 34.7 Å². The molecule has 1 unspecified atom stereocenters. The molecule has 1 atom stereocenters. The van der Waals surface area contributed by atoms with Crippen molar-refractivity contribution in [3.8, 4) is 11.5 Å². The maximum absolute atomic E-state index is 6.46. The van der Waals surface area contributed by atoms with Gasteiger partial charge in [-0.2, -0.15) is 0 Å². The van der Waals surface area contributed by atoms with Crippen LogP contribution in [-0.4, -0.2) is 13.2 Å². The first-order chi connectivity index (χ1) is 10.3. The summed E-state index contributed by atoms with van der Waals surface area (Å²) in [4.78, 5) is 0. The van der Waals surface area contributed by atoms with E-state index in [4.69, 9.17) is 15.2 Å². The lowest BCUT2D eigenvalue weighted by Gasteiger charge is -2.20. The summed E-state index contributed by atoms with van der Waals surface area (Å²) in [5, 5.41) is 0. The van der Waals surface area contributed by atoms with Crippen LogP contribution in [0.5, 0.6) is 11.5 Å². The van der Waals surface area contributed by atoms with Gasteiger partial charge >= 0.3 is 0 Å². The van der Waals surface area contributed by atoms with Crippen molar-refractivity contribution >= 4 is 0 Å². The lowest BCUT2D eigenvalue weighted by Crippen LogP contribution is -2.14. The fraction of sp³-hybridized carbons (Fsp3) is 0.333. The predicted molar refractivity (Wildman–Crippen MR) is 81.9 cm³/mol. The van der Waals surface area contributed by atoms with Crippen molar-refractivity contribution in [1.82, 2.24) is 0 Å². The molecule has 0 radical (unpaired) electrons. The minimum absolute atomic E-state index is 0.0943. The molecule has 0 aromatic heterocycles. The molecule has 0 aliphatic carbocycles. The first-order valence-corrected chi connectivity index (χ1v) is 7.58. The molecule has 0 saturated heterocycles. The minimum atomic E-state index is -0.0943. The van der Waals surface area contributed by atoms with E-state index in [0.717, 1.165) is 55.1 Å². The summed E-state index contributed by atoms with van der Waals surface area (Å²) in [7, 11) is 0. The van der Waals surface area contributed by atoms with Crippen LogP contribution in [0.25, 0.3) is 0 Å². The van der Waals surface area contributed by atoms with Crippen LogP contribution in [0.4, 0.5) is 0 Å². The Morgan fingerprint density at radius 3 is 2.14 bits per heavy atom. The Labute approximate surface area is 124 Å². The zero-order chi connectivity index (χ0) is 14.2. The molecule has 2 aliphatic rings. The first-order valence-electron chi connectivity index (χ1n) is 7.58. The molecule has 0 fully saturated rings. The van der Waals surface area contributed by atoms with Crippen LogP contribution in [0.2, 0.25) is 0 Å². The molecule has 2 heterocycles. The molecular formula is C18H19NO2. The van der Waals surface area contributed by atoms with Crippen LogP contribution in [0, 0.1) is 0 Å². The van der Waals surface area contributed by atoms with Crippen LogP contribution in [0.3, 0.4) is 0 Å². The number of hydrogen-bond donors (Lipinski definition) is 1. The van der Waals surface area contributed by atoms with Gasteiger partial charge in [-0.3, -0.25) is 0 Å². The van der Waals surface area contributed by atoms with Crippen molar-refractivity contribution in [2.45, 2.75) is 25.3 Å². The van der Waals surface area contributed by atoms with E-state index in [0.29, 0.717) is 0 Å². The third-order valence-electron chi connectivity index (χ3n) is 4.36. The number of aryl methyl sites for hydroxylation is 1. The highest BCUT2D eigenvalue weighted by Crippen LogP contribution is 2.32. The van der Waals surface area contributed by atoms with Gasteiger partial charge < -0.3 is 15.2 Å². The highest BCUT2D eigenvalue weighted by Gasteiger charge is 2.18. The monoisotopic (exact) mass is 281 g/mol. The van der Waals surface area contributed by atoms with Gasteiger partial charge in [-0.15, -0.1) is 0 Å². The fourth-order valence-corrected chi connectivity index (χ4v) is 3.17. The van der Waals surface area contributed by atoms with Crippen molar-refractivity contribution < 1.29 is 9.47 Å². The molecule has 2 aromatic rings. The lowest BCUT2D eigenvalue weighted by molar-refractivity contribution is 0.288. The molecular weight excluding hydrogens is 262 g/mol. The van der Waals surface area contributed by atoms with Crippen molar-refractivity contribution in [1.29, 1.82) is 0 Å². The Bertz CT molecular complexity index is 681. The third-order valence-corrected chi connectivity index (χ3v) is 4.36. The maximum atomic E-state index is 6.46. The summed E-state index contributed by atoms with van der Waals surface area (Å²) >= 11 is 0. The average Bonchev–Trinajstić information content (AvgIpc) is 3.01. The van der Waals surface area contributed by atoms with E-state index in [1.807, 2.05) is 6.07 Å². The highest BCUT2D eigenvalue weighted by molar-refractivity contribution is 5.45. The Hall–Kier alpha value is -2.00. The average molecular weight is 281 g/mol. The summed E-state index contributed by atoms with van der Waals surface area (Å²) in [6.07, 6.45) is 3.14. The number of hydrogen-bond acceptors (Lipinski definition) is 3. The number of rotatable bonds is 2. The van der Waals surface area contributed by atoms with Gasteiger partial charge in [-0.25, -0.2) is 0 Å². The van der Waals surface area contributed by atoms with Crippen molar-refractivity contribution in [2.24, 2.45) is 5.73 Å². The SMILES string of the molecule is NC(c1ccc2c(c1)CCCO2)c1ccc2c(c1)CCO2. The maximum Gasteiger partial charge on any atom is 0.122 e. The number of nitrogens with two attached hydrogens (primary N) is 1. The van der Waals surface area contributed by atoms with E-state index < -0.39 is 0 Å². The Morgan fingerprint density at radius 1 is 0.810 bits per heavy atom. The Balaban J connectivity index is 1.66. The van der Waals surface area contributed by atoms with Gasteiger partial charge in [0, 0.05) is 6.42 Å². The van der Waals surface area contributed by atoms with Crippen LogP contribution >= 0.6 is 0 Å². The minimum Gasteiger partial charge on any atom is -0.493 e. The van der Waals surface area contributed by atoms with E-state index in [1.54, 1.807) is 0 Å². The molecule has 0 bridgehead atoms. The largest absolute Gasteiger partial charge is 0.493 e. The summed E-state index contributed by atoms with van der Waals surface area (Å²) in [6, 6.07) is 12.5. The summed E-state index contributed by atoms with van der Waals surface area (Å²) < 4.78 is 11.2. The van der Waals surface area contributed by atoms with Crippen molar-refractivity contribution in [3.05, 3.63) is 58.7 Å². The van der Waals surface area contributed by atoms with Crippen molar-refractivity contribution in [3.63, 3.8) is 0 Å². The predicted octanol–water partition coefficient (Wildman–Crippen LogP) is 2.99. The van der Waals surface area contributed by atoms with E-state index in [-0.39, 0.29) is 6.04 Å². The number of fused-ring (bicyclic) bond motifs is 2. The van der Waals surface area contributed by atoms with Crippen LogP contribution < -0.4 is 15.2 Å². The van der Waals surface area contributed by atoms with Gasteiger partial charge in [-0.05, 0) is 47.2 Å². The van der Waals surface area contributed by atoms with Gasteiger partial charge in [0.15, 0.2) is 0 Å². The van der Waals surface area contributed by atoms with Gasteiger partial charge in [0.2, 0.25) is 0 Å². The molecule has 108 valence electrons. The lowest BCUT2D eigenvalue weighted by atomic mass is 9.94. The normalized spacial score (nSPS) is 17.4. The molecule has 3 nitrogen and oxygen atoms in total. The molecule has 2 aromatic carbocycles. The topological polar surface area (TPSA) is 44.5 Å². The van der Waals surface area contributed by atoms with E-state index in [2.05, 4.69) is 30.3 Å². The number of ether oxygens (including phenoxy) is 2. The summed E-state index contributed by atoms with van der Waals surface area (Å²) in [6.45, 7) is 1.60.